The highest BCUT2D eigenvalue weighted by Crippen LogP contribution is 1.92. The molecule has 4 nitrogen and oxygen atoms in total. The maximum Gasteiger partial charge on any atom is 0.158 e. The standard InChI is InChI=1S/C5H9N3O/c1-2-8-4-6-7-5(8)3-9/h4,9H,2-3H2,1H3. The minimum Gasteiger partial charge on any atom is -0.388 e. The van der Waals surface area contributed by atoms with Crippen molar-refractivity contribution in [3.8, 4) is 0 Å². The molecular weight excluding hydrogens is 118 g/mol. The maximum atomic E-state index is 8.62. The van der Waals surface area contributed by atoms with E-state index >= 15 is 0 Å². The van der Waals surface area contributed by atoms with Gasteiger partial charge in [0.05, 0.1) is 0 Å². The highest BCUT2D eigenvalue weighted by atomic mass is 16.3. The van der Waals surface area contributed by atoms with Crippen LogP contribution in [-0.2, 0) is 13.2 Å². The number of aliphatic hydroxyl groups is 1. The van der Waals surface area contributed by atoms with Crippen LogP contribution in [0, 0.1) is 0 Å². The molecule has 0 aromatic carbocycles. The van der Waals surface area contributed by atoms with Gasteiger partial charge in [-0.25, -0.2) is 0 Å². The SMILES string of the molecule is CCn1cnnc1CO. The van der Waals surface area contributed by atoms with Crippen LogP contribution in [0.1, 0.15) is 12.7 Å². The largest absolute Gasteiger partial charge is 0.388 e. The molecule has 0 amide bonds. The molecule has 0 aliphatic rings. The third-order valence-corrected chi connectivity index (χ3v) is 1.18. The normalized spacial score (nSPS) is 10.0. The minimum atomic E-state index is -0.0339. The zero-order valence-corrected chi connectivity index (χ0v) is 5.28. The Balaban J connectivity index is 2.85. The summed E-state index contributed by atoms with van der Waals surface area (Å²) in [5.74, 6) is 0.623. The molecule has 0 aliphatic carbocycles. The summed E-state index contributed by atoms with van der Waals surface area (Å²) in [6.45, 7) is 2.75. The molecule has 4 heteroatoms. The van der Waals surface area contributed by atoms with Gasteiger partial charge in [0.25, 0.3) is 0 Å². The molecule has 0 fully saturated rings. The van der Waals surface area contributed by atoms with Gasteiger partial charge < -0.3 is 9.67 Å². The van der Waals surface area contributed by atoms with Crippen molar-refractivity contribution in [1.82, 2.24) is 14.8 Å². The smallest absolute Gasteiger partial charge is 0.158 e. The lowest BCUT2D eigenvalue weighted by atomic mass is 10.6. The van der Waals surface area contributed by atoms with E-state index in [2.05, 4.69) is 10.2 Å². The van der Waals surface area contributed by atoms with Gasteiger partial charge in [0, 0.05) is 6.54 Å². The number of rotatable bonds is 2. The first-order valence-corrected chi connectivity index (χ1v) is 2.86. The van der Waals surface area contributed by atoms with Crippen molar-refractivity contribution in [2.24, 2.45) is 0 Å². The van der Waals surface area contributed by atoms with Gasteiger partial charge in [0.1, 0.15) is 12.9 Å². The molecule has 1 rings (SSSR count). The lowest BCUT2D eigenvalue weighted by Gasteiger charge is -1.96. The Morgan fingerprint density at radius 2 is 2.56 bits per heavy atom. The Kier molecular flexibility index (Phi) is 1.79. The Morgan fingerprint density at radius 1 is 1.78 bits per heavy atom. The number of aryl methyl sites for hydroxylation is 1. The van der Waals surface area contributed by atoms with Crippen molar-refractivity contribution < 1.29 is 5.11 Å². The predicted molar refractivity (Wildman–Crippen MR) is 31.6 cm³/mol. The predicted octanol–water partition coefficient (Wildman–Crippen LogP) is -0.210. The first kappa shape index (κ1) is 6.22. The first-order chi connectivity index (χ1) is 4.38. The summed E-state index contributed by atoms with van der Waals surface area (Å²) in [5.41, 5.74) is 0. The van der Waals surface area contributed by atoms with Crippen molar-refractivity contribution in [3.63, 3.8) is 0 Å². The molecule has 0 spiro atoms. The fourth-order valence-corrected chi connectivity index (χ4v) is 0.665. The summed E-state index contributed by atoms with van der Waals surface area (Å²) in [6.07, 6.45) is 1.60. The summed E-state index contributed by atoms with van der Waals surface area (Å²) in [4.78, 5) is 0. The average Bonchev–Trinajstić information content (AvgIpc) is 2.33. The second-order valence-corrected chi connectivity index (χ2v) is 1.69. The van der Waals surface area contributed by atoms with E-state index in [9.17, 15) is 0 Å². The summed E-state index contributed by atoms with van der Waals surface area (Å²) in [6, 6.07) is 0. The highest BCUT2D eigenvalue weighted by molar-refractivity contribution is 4.81. The molecule has 9 heavy (non-hydrogen) atoms. The summed E-state index contributed by atoms with van der Waals surface area (Å²) in [5, 5.41) is 15.9. The van der Waals surface area contributed by atoms with Crippen molar-refractivity contribution >= 4 is 0 Å². The molecule has 0 atom stereocenters. The Morgan fingerprint density at radius 3 is 3.00 bits per heavy atom. The quantitative estimate of drug-likeness (QED) is 0.598. The van der Waals surface area contributed by atoms with E-state index in [4.69, 9.17) is 5.11 Å². The van der Waals surface area contributed by atoms with Gasteiger partial charge >= 0.3 is 0 Å². The lowest BCUT2D eigenvalue weighted by molar-refractivity contribution is 0.265. The number of aromatic nitrogens is 3. The van der Waals surface area contributed by atoms with E-state index in [1.807, 2.05) is 6.92 Å². The zero-order chi connectivity index (χ0) is 6.69. The molecule has 0 radical (unpaired) electrons. The molecule has 0 saturated heterocycles. The number of hydrogen-bond acceptors (Lipinski definition) is 3. The molecular formula is C5H9N3O. The van der Waals surface area contributed by atoms with Crippen LogP contribution >= 0.6 is 0 Å². The topological polar surface area (TPSA) is 50.9 Å². The molecule has 1 heterocycles. The van der Waals surface area contributed by atoms with E-state index in [0.717, 1.165) is 6.54 Å². The van der Waals surface area contributed by atoms with E-state index in [-0.39, 0.29) is 6.61 Å². The number of nitrogens with zero attached hydrogens (tertiary/aromatic N) is 3. The third-order valence-electron chi connectivity index (χ3n) is 1.18. The zero-order valence-electron chi connectivity index (χ0n) is 5.28. The van der Waals surface area contributed by atoms with Crippen molar-refractivity contribution in [2.75, 3.05) is 0 Å². The fourth-order valence-electron chi connectivity index (χ4n) is 0.665. The van der Waals surface area contributed by atoms with Crippen LogP contribution in [0.2, 0.25) is 0 Å². The van der Waals surface area contributed by atoms with E-state index in [1.54, 1.807) is 10.9 Å². The lowest BCUT2D eigenvalue weighted by Crippen LogP contribution is -1.99. The van der Waals surface area contributed by atoms with Crippen LogP contribution in [-0.4, -0.2) is 19.9 Å². The average molecular weight is 127 g/mol. The molecule has 0 unspecified atom stereocenters. The van der Waals surface area contributed by atoms with Crippen LogP contribution in [0.25, 0.3) is 0 Å². The Bertz CT molecular complexity index is 166. The highest BCUT2D eigenvalue weighted by Gasteiger charge is 1.97. The van der Waals surface area contributed by atoms with Gasteiger partial charge in [-0.05, 0) is 6.92 Å². The minimum absolute atomic E-state index is 0.0339. The van der Waals surface area contributed by atoms with Crippen LogP contribution in [0.5, 0.6) is 0 Å². The maximum absolute atomic E-state index is 8.62. The first-order valence-electron chi connectivity index (χ1n) is 2.86. The van der Waals surface area contributed by atoms with Crippen LogP contribution < -0.4 is 0 Å². The second-order valence-electron chi connectivity index (χ2n) is 1.69. The van der Waals surface area contributed by atoms with Crippen molar-refractivity contribution in [3.05, 3.63) is 12.2 Å². The van der Waals surface area contributed by atoms with Gasteiger partial charge in [-0.15, -0.1) is 10.2 Å². The van der Waals surface area contributed by atoms with Gasteiger partial charge in [-0.1, -0.05) is 0 Å². The van der Waals surface area contributed by atoms with Gasteiger partial charge in [0.15, 0.2) is 5.82 Å². The van der Waals surface area contributed by atoms with Crippen LogP contribution in [0.4, 0.5) is 0 Å². The van der Waals surface area contributed by atoms with Gasteiger partial charge in [0.2, 0.25) is 0 Å². The van der Waals surface area contributed by atoms with E-state index < -0.39 is 0 Å². The van der Waals surface area contributed by atoms with Gasteiger partial charge in [-0.3, -0.25) is 0 Å². The molecule has 1 aromatic heterocycles. The van der Waals surface area contributed by atoms with Crippen LogP contribution in [0.3, 0.4) is 0 Å². The molecule has 0 saturated carbocycles. The molecule has 0 aliphatic heterocycles. The van der Waals surface area contributed by atoms with Crippen LogP contribution in [0.15, 0.2) is 6.33 Å². The Hall–Kier alpha value is -0.900. The molecule has 0 bridgehead atoms. The summed E-state index contributed by atoms with van der Waals surface area (Å²) >= 11 is 0. The monoisotopic (exact) mass is 127 g/mol. The van der Waals surface area contributed by atoms with E-state index in [1.165, 1.54) is 0 Å². The van der Waals surface area contributed by atoms with E-state index in [0.29, 0.717) is 5.82 Å². The number of aliphatic hydroxyl groups excluding tert-OH is 1. The van der Waals surface area contributed by atoms with Crippen molar-refractivity contribution in [2.45, 2.75) is 20.1 Å². The number of hydrogen-bond donors (Lipinski definition) is 1. The fraction of sp³-hybridized carbons (Fsp3) is 0.600. The Labute approximate surface area is 53.1 Å². The summed E-state index contributed by atoms with van der Waals surface area (Å²) in [7, 11) is 0. The van der Waals surface area contributed by atoms with Gasteiger partial charge in [-0.2, -0.15) is 0 Å². The molecule has 50 valence electrons. The summed E-state index contributed by atoms with van der Waals surface area (Å²) < 4.78 is 1.79. The second kappa shape index (κ2) is 2.59. The molecule has 1 aromatic rings. The third kappa shape index (κ3) is 1.08. The van der Waals surface area contributed by atoms with Crippen molar-refractivity contribution in [1.29, 1.82) is 0 Å². The molecule has 1 N–H and O–H groups in total.